The summed E-state index contributed by atoms with van der Waals surface area (Å²) < 4.78 is 1.62. The molecule has 0 unspecified atom stereocenters. The fraction of sp³-hybridized carbons (Fsp3) is 0.478. The third-order valence-corrected chi connectivity index (χ3v) is 6.84. The Balaban J connectivity index is 1.55. The number of hydrogen-bond donors (Lipinski definition) is 2. The van der Waals surface area contributed by atoms with Gasteiger partial charge in [0.2, 0.25) is 5.91 Å². The van der Waals surface area contributed by atoms with Crippen molar-refractivity contribution >= 4 is 29.3 Å². The highest BCUT2D eigenvalue weighted by Crippen LogP contribution is 2.29. The second-order valence-corrected chi connectivity index (χ2v) is 9.03. The quantitative estimate of drug-likeness (QED) is 0.697. The third-order valence-electron chi connectivity index (χ3n) is 6.47. The Bertz CT molecular complexity index is 1050. The van der Waals surface area contributed by atoms with Gasteiger partial charge >= 0.3 is 0 Å². The lowest BCUT2D eigenvalue weighted by atomic mass is 9.94. The molecule has 32 heavy (non-hydrogen) atoms. The normalized spacial score (nSPS) is 20.8. The van der Waals surface area contributed by atoms with Gasteiger partial charge in [0.15, 0.2) is 5.69 Å². The van der Waals surface area contributed by atoms with Crippen LogP contribution in [-0.4, -0.2) is 50.3 Å². The highest BCUT2D eigenvalue weighted by molar-refractivity contribution is 6.31. The Morgan fingerprint density at radius 3 is 2.66 bits per heavy atom. The van der Waals surface area contributed by atoms with Gasteiger partial charge in [-0.2, -0.15) is 0 Å². The minimum absolute atomic E-state index is 0.0544. The fourth-order valence-corrected chi connectivity index (χ4v) is 4.86. The Hall–Kier alpha value is -2.87. The van der Waals surface area contributed by atoms with Gasteiger partial charge in [0.05, 0.1) is 12.9 Å². The van der Waals surface area contributed by atoms with Crippen molar-refractivity contribution in [3.05, 3.63) is 52.6 Å². The topological polar surface area (TPSA) is 96.3 Å². The van der Waals surface area contributed by atoms with Gasteiger partial charge in [0.25, 0.3) is 11.8 Å². The van der Waals surface area contributed by atoms with Gasteiger partial charge in [0, 0.05) is 24.2 Å². The summed E-state index contributed by atoms with van der Waals surface area (Å²) in [6.07, 6.45) is 5.61. The molecule has 0 radical (unpaired) electrons. The van der Waals surface area contributed by atoms with Gasteiger partial charge in [-0.3, -0.25) is 14.4 Å². The van der Waals surface area contributed by atoms with E-state index in [1.807, 2.05) is 25.1 Å². The first kappa shape index (κ1) is 22.3. The van der Waals surface area contributed by atoms with Crippen LogP contribution in [0, 0.1) is 0 Å². The SMILES string of the molecule is CCN1C(=O)c2c(C(=O)NCc3ccccc3Cl)ncn2C[C@@]1(C)C(=O)NC1CCCC1. The van der Waals surface area contributed by atoms with Crippen molar-refractivity contribution in [1.29, 1.82) is 0 Å². The van der Waals surface area contributed by atoms with Crippen molar-refractivity contribution in [3.8, 4) is 0 Å². The van der Waals surface area contributed by atoms with Crippen molar-refractivity contribution in [2.24, 2.45) is 0 Å². The zero-order valence-electron chi connectivity index (χ0n) is 18.4. The number of carbonyl (C=O) groups excluding carboxylic acids is 3. The maximum absolute atomic E-state index is 13.4. The molecule has 0 bridgehead atoms. The molecule has 3 amide bonds. The summed E-state index contributed by atoms with van der Waals surface area (Å²) in [6.45, 7) is 4.42. The standard InChI is InChI=1S/C23H28ClN5O3/c1-3-29-21(31)19-18(20(30)25-12-15-8-4-7-11-17(15)24)26-14-28(19)13-23(29,2)22(32)27-16-9-5-6-10-16/h4,7-8,11,14,16H,3,5-6,9-10,12-13H2,1-2H3,(H,25,30)(H,27,32)/t23-/m0/s1. The van der Waals surface area contributed by atoms with E-state index in [9.17, 15) is 14.4 Å². The number of benzene rings is 1. The van der Waals surface area contributed by atoms with Crippen LogP contribution in [0.2, 0.25) is 5.02 Å². The van der Waals surface area contributed by atoms with Crippen LogP contribution >= 0.6 is 11.6 Å². The molecule has 1 fully saturated rings. The molecule has 1 atom stereocenters. The number of carbonyl (C=O) groups is 3. The first-order chi connectivity index (χ1) is 15.3. The number of nitrogens with zero attached hydrogens (tertiary/aromatic N) is 3. The molecule has 2 N–H and O–H groups in total. The van der Waals surface area contributed by atoms with E-state index in [1.165, 1.54) is 6.33 Å². The molecule has 2 aliphatic rings. The second kappa shape index (κ2) is 8.94. The van der Waals surface area contributed by atoms with E-state index in [4.69, 9.17) is 11.6 Å². The molecular formula is C23H28ClN5O3. The Morgan fingerprint density at radius 2 is 1.97 bits per heavy atom. The highest BCUT2D eigenvalue weighted by atomic mass is 35.5. The molecule has 170 valence electrons. The van der Waals surface area contributed by atoms with Crippen LogP contribution in [0.4, 0.5) is 0 Å². The van der Waals surface area contributed by atoms with E-state index in [0.29, 0.717) is 11.6 Å². The number of imidazole rings is 1. The molecule has 1 aromatic heterocycles. The maximum atomic E-state index is 13.4. The summed E-state index contributed by atoms with van der Waals surface area (Å²) in [7, 11) is 0. The summed E-state index contributed by atoms with van der Waals surface area (Å²) >= 11 is 6.16. The molecule has 1 saturated carbocycles. The number of halogens is 1. The molecule has 9 heteroatoms. The number of rotatable bonds is 6. The van der Waals surface area contributed by atoms with Crippen LogP contribution in [0.5, 0.6) is 0 Å². The molecule has 1 aromatic carbocycles. The fourth-order valence-electron chi connectivity index (χ4n) is 4.66. The Labute approximate surface area is 192 Å². The number of nitrogens with one attached hydrogen (secondary N) is 2. The minimum atomic E-state index is -1.05. The van der Waals surface area contributed by atoms with Gasteiger partial charge in [-0.1, -0.05) is 42.6 Å². The minimum Gasteiger partial charge on any atom is -0.351 e. The molecule has 2 aromatic rings. The van der Waals surface area contributed by atoms with E-state index in [2.05, 4.69) is 15.6 Å². The van der Waals surface area contributed by atoms with Crippen molar-refractivity contribution in [2.75, 3.05) is 6.54 Å². The molecule has 2 heterocycles. The average molecular weight is 458 g/mol. The molecular weight excluding hydrogens is 430 g/mol. The van der Waals surface area contributed by atoms with Crippen molar-refractivity contribution in [3.63, 3.8) is 0 Å². The van der Waals surface area contributed by atoms with Crippen molar-refractivity contribution in [1.82, 2.24) is 25.1 Å². The summed E-state index contributed by atoms with van der Waals surface area (Å²) in [4.78, 5) is 45.2. The zero-order valence-corrected chi connectivity index (χ0v) is 19.1. The largest absolute Gasteiger partial charge is 0.351 e. The van der Waals surface area contributed by atoms with Gasteiger partial charge in [0.1, 0.15) is 11.2 Å². The van der Waals surface area contributed by atoms with E-state index >= 15 is 0 Å². The first-order valence-electron chi connectivity index (χ1n) is 11.0. The van der Waals surface area contributed by atoms with Gasteiger partial charge in [-0.15, -0.1) is 0 Å². The molecule has 0 spiro atoms. The number of amides is 3. The Kier molecular flexibility index (Phi) is 6.24. The predicted octanol–water partition coefficient (Wildman–Crippen LogP) is 2.76. The average Bonchev–Trinajstić information content (AvgIpc) is 3.43. The molecule has 1 aliphatic heterocycles. The summed E-state index contributed by atoms with van der Waals surface area (Å²) in [5.74, 6) is -0.992. The van der Waals surface area contributed by atoms with Crippen molar-refractivity contribution < 1.29 is 14.4 Å². The number of aromatic nitrogens is 2. The number of hydrogen-bond acceptors (Lipinski definition) is 4. The van der Waals surface area contributed by atoms with E-state index in [-0.39, 0.29) is 42.3 Å². The van der Waals surface area contributed by atoms with Crippen LogP contribution in [0.3, 0.4) is 0 Å². The zero-order chi connectivity index (χ0) is 22.9. The summed E-state index contributed by atoms with van der Waals surface area (Å²) in [5, 5.41) is 6.46. The predicted molar refractivity (Wildman–Crippen MR) is 120 cm³/mol. The molecule has 4 rings (SSSR count). The summed E-state index contributed by atoms with van der Waals surface area (Å²) in [6, 6.07) is 7.39. The van der Waals surface area contributed by atoms with Gasteiger partial charge in [-0.05, 0) is 38.3 Å². The van der Waals surface area contributed by atoms with Crippen LogP contribution in [0.15, 0.2) is 30.6 Å². The third kappa shape index (κ3) is 3.99. The first-order valence-corrected chi connectivity index (χ1v) is 11.4. The summed E-state index contributed by atoms with van der Waals surface area (Å²) in [5.41, 5.74) is -0.0189. The molecule has 8 nitrogen and oxygen atoms in total. The molecule has 0 saturated heterocycles. The van der Waals surface area contributed by atoms with Crippen molar-refractivity contribution in [2.45, 2.75) is 64.2 Å². The Morgan fingerprint density at radius 1 is 1.25 bits per heavy atom. The van der Waals surface area contributed by atoms with Crippen LogP contribution in [-0.2, 0) is 17.9 Å². The highest BCUT2D eigenvalue weighted by Gasteiger charge is 2.48. The van der Waals surface area contributed by atoms with E-state index in [1.54, 1.807) is 22.5 Å². The molecule has 1 aliphatic carbocycles. The van der Waals surface area contributed by atoms with E-state index < -0.39 is 11.4 Å². The lowest BCUT2D eigenvalue weighted by Crippen LogP contribution is -2.64. The lowest BCUT2D eigenvalue weighted by molar-refractivity contribution is -0.133. The van der Waals surface area contributed by atoms with E-state index in [0.717, 1.165) is 31.2 Å². The van der Waals surface area contributed by atoms with Crippen LogP contribution in [0.25, 0.3) is 0 Å². The number of likely N-dealkylation sites (N-methyl/N-ethyl adjacent to an activating group) is 1. The van der Waals surface area contributed by atoms with Crippen LogP contribution < -0.4 is 10.6 Å². The van der Waals surface area contributed by atoms with Crippen LogP contribution in [0.1, 0.15) is 66.1 Å². The van der Waals surface area contributed by atoms with Gasteiger partial charge < -0.3 is 20.1 Å². The lowest BCUT2D eigenvalue weighted by Gasteiger charge is -2.43. The monoisotopic (exact) mass is 457 g/mol. The smallest absolute Gasteiger partial charge is 0.273 e. The maximum Gasteiger partial charge on any atom is 0.273 e. The number of fused-ring (bicyclic) bond motifs is 1. The van der Waals surface area contributed by atoms with Gasteiger partial charge in [-0.25, -0.2) is 4.98 Å². The second-order valence-electron chi connectivity index (χ2n) is 8.62.